The third kappa shape index (κ3) is 3.80. The quantitative estimate of drug-likeness (QED) is 0.816. The molecular weight excluding hydrogens is 276 g/mol. The maximum absolute atomic E-state index is 11.9. The van der Waals surface area contributed by atoms with Crippen molar-refractivity contribution >= 4 is 27.3 Å². The van der Waals surface area contributed by atoms with E-state index >= 15 is 0 Å². The number of sulfonamides is 1. The van der Waals surface area contributed by atoms with Crippen LogP contribution in [-0.2, 0) is 14.8 Å². The number of thiophene rings is 1. The molecule has 0 fully saturated rings. The van der Waals surface area contributed by atoms with Crippen LogP contribution < -0.4 is 4.72 Å². The SMILES string of the molecule is CCC(CC(=O)O)NS(=O)(=O)c1ccc(C#N)s1. The molecular formula is C10H12N2O4S2. The third-order valence-corrected chi connectivity index (χ3v) is 5.19. The van der Waals surface area contributed by atoms with Gasteiger partial charge in [-0.05, 0) is 18.6 Å². The standard InChI is InChI=1S/C10H12N2O4S2/c1-2-7(5-9(13)14)12-18(15,16)10-4-3-8(6-11)17-10/h3-4,7,12H,2,5H2,1H3,(H,13,14). The first-order valence-corrected chi connectivity index (χ1v) is 7.43. The molecule has 0 bridgehead atoms. The minimum atomic E-state index is -3.75. The first kappa shape index (κ1) is 14.6. The Kier molecular flexibility index (Phi) is 4.84. The van der Waals surface area contributed by atoms with E-state index in [1.165, 1.54) is 12.1 Å². The fourth-order valence-electron chi connectivity index (χ4n) is 1.28. The molecule has 1 aromatic rings. The maximum Gasteiger partial charge on any atom is 0.304 e. The summed E-state index contributed by atoms with van der Waals surface area (Å²) >= 11 is 0.852. The van der Waals surface area contributed by atoms with Gasteiger partial charge in [0, 0.05) is 6.04 Å². The van der Waals surface area contributed by atoms with Crippen LogP contribution in [0.5, 0.6) is 0 Å². The van der Waals surface area contributed by atoms with Crippen molar-refractivity contribution in [3.63, 3.8) is 0 Å². The van der Waals surface area contributed by atoms with E-state index in [0.717, 1.165) is 11.3 Å². The van der Waals surface area contributed by atoms with Gasteiger partial charge < -0.3 is 5.11 Å². The summed E-state index contributed by atoms with van der Waals surface area (Å²) in [6, 6.07) is 3.94. The third-order valence-electron chi connectivity index (χ3n) is 2.19. The predicted octanol–water partition coefficient (Wildman–Crippen LogP) is 1.15. The zero-order chi connectivity index (χ0) is 13.8. The lowest BCUT2D eigenvalue weighted by atomic mass is 10.2. The van der Waals surface area contributed by atoms with Crippen LogP contribution in [0.4, 0.5) is 0 Å². The van der Waals surface area contributed by atoms with Gasteiger partial charge >= 0.3 is 5.97 Å². The van der Waals surface area contributed by atoms with Gasteiger partial charge in [-0.25, -0.2) is 13.1 Å². The summed E-state index contributed by atoms with van der Waals surface area (Å²) in [6.07, 6.45) is 0.105. The van der Waals surface area contributed by atoms with Crippen LogP contribution in [0.15, 0.2) is 16.3 Å². The summed E-state index contributed by atoms with van der Waals surface area (Å²) in [5.74, 6) is -1.06. The Morgan fingerprint density at radius 3 is 2.72 bits per heavy atom. The Balaban J connectivity index is 2.87. The fourth-order valence-corrected chi connectivity index (χ4v) is 3.72. The summed E-state index contributed by atoms with van der Waals surface area (Å²) < 4.78 is 26.2. The van der Waals surface area contributed by atoms with E-state index in [2.05, 4.69) is 4.72 Å². The zero-order valence-electron chi connectivity index (χ0n) is 9.58. The topological polar surface area (TPSA) is 107 Å². The van der Waals surface area contributed by atoms with E-state index < -0.39 is 22.0 Å². The molecule has 1 rings (SSSR count). The van der Waals surface area contributed by atoms with Gasteiger partial charge in [0.15, 0.2) is 0 Å². The molecule has 98 valence electrons. The fraction of sp³-hybridized carbons (Fsp3) is 0.400. The number of hydrogen-bond donors (Lipinski definition) is 2. The largest absolute Gasteiger partial charge is 0.481 e. The monoisotopic (exact) mass is 288 g/mol. The average Bonchev–Trinajstić information content (AvgIpc) is 2.76. The molecule has 8 heteroatoms. The highest BCUT2D eigenvalue weighted by Crippen LogP contribution is 2.21. The molecule has 0 aromatic carbocycles. The molecule has 18 heavy (non-hydrogen) atoms. The van der Waals surface area contributed by atoms with Crippen molar-refractivity contribution in [2.24, 2.45) is 0 Å². The molecule has 0 radical (unpaired) electrons. The smallest absolute Gasteiger partial charge is 0.304 e. The molecule has 0 saturated heterocycles. The molecule has 0 spiro atoms. The number of nitrogens with one attached hydrogen (secondary N) is 1. The van der Waals surface area contributed by atoms with E-state index in [4.69, 9.17) is 10.4 Å². The van der Waals surface area contributed by atoms with Crippen molar-refractivity contribution in [2.75, 3.05) is 0 Å². The van der Waals surface area contributed by atoms with Gasteiger partial charge in [0.25, 0.3) is 0 Å². The van der Waals surface area contributed by atoms with Gasteiger partial charge in [-0.15, -0.1) is 11.3 Å². The molecule has 0 saturated carbocycles. The first-order chi connectivity index (χ1) is 8.39. The van der Waals surface area contributed by atoms with Crippen LogP contribution in [0, 0.1) is 11.3 Å². The number of nitrogens with zero attached hydrogens (tertiary/aromatic N) is 1. The lowest BCUT2D eigenvalue weighted by Gasteiger charge is -2.13. The minimum absolute atomic E-state index is 0.0166. The van der Waals surface area contributed by atoms with Gasteiger partial charge in [0.2, 0.25) is 10.0 Å². The summed E-state index contributed by atoms with van der Waals surface area (Å²) in [5, 5.41) is 17.3. The molecule has 1 atom stereocenters. The summed E-state index contributed by atoms with van der Waals surface area (Å²) in [6.45, 7) is 1.70. The van der Waals surface area contributed by atoms with Crippen molar-refractivity contribution < 1.29 is 18.3 Å². The molecule has 1 heterocycles. The Bertz CT molecular complexity index is 571. The zero-order valence-corrected chi connectivity index (χ0v) is 11.2. The number of carboxylic acids is 1. The Hall–Kier alpha value is -1.43. The van der Waals surface area contributed by atoms with E-state index in [1.807, 2.05) is 6.07 Å². The predicted molar refractivity (Wildman–Crippen MR) is 65.7 cm³/mol. The van der Waals surface area contributed by atoms with Gasteiger partial charge in [-0.1, -0.05) is 6.92 Å². The van der Waals surface area contributed by atoms with Crippen molar-refractivity contribution in [1.82, 2.24) is 4.72 Å². The Labute approximate surface area is 109 Å². The van der Waals surface area contributed by atoms with E-state index in [0.29, 0.717) is 11.3 Å². The first-order valence-electron chi connectivity index (χ1n) is 5.13. The van der Waals surface area contributed by atoms with Gasteiger partial charge in [0.05, 0.1) is 6.42 Å². The summed E-state index contributed by atoms with van der Waals surface area (Å²) in [7, 11) is -3.75. The van der Waals surface area contributed by atoms with Gasteiger partial charge in [0.1, 0.15) is 15.2 Å². The molecule has 0 aliphatic heterocycles. The van der Waals surface area contributed by atoms with Crippen LogP contribution in [0.25, 0.3) is 0 Å². The second kappa shape index (κ2) is 5.95. The van der Waals surface area contributed by atoms with Crippen LogP contribution in [0.1, 0.15) is 24.6 Å². The molecule has 0 aliphatic carbocycles. The normalized spacial score (nSPS) is 12.9. The van der Waals surface area contributed by atoms with Crippen molar-refractivity contribution in [3.05, 3.63) is 17.0 Å². The second-order valence-corrected chi connectivity index (χ2v) is 6.58. The summed E-state index contributed by atoms with van der Waals surface area (Å²) in [5.41, 5.74) is 0. The highest BCUT2D eigenvalue weighted by atomic mass is 32.2. The van der Waals surface area contributed by atoms with Crippen LogP contribution in [-0.4, -0.2) is 25.5 Å². The molecule has 0 aliphatic rings. The number of carbonyl (C=O) groups is 1. The van der Waals surface area contributed by atoms with Gasteiger partial charge in [-0.3, -0.25) is 4.79 Å². The number of nitriles is 1. The highest BCUT2D eigenvalue weighted by molar-refractivity contribution is 7.91. The average molecular weight is 288 g/mol. The lowest BCUT2D eigenvalue weighted by Crippen LogP contribution is -2.35. The summed E-state index contributed by atoms with van der Waals surface area (Å²) in [4.78, 5) is 10.9. The molecule has 1 unspecified atom stereocenters. The van der Waals surface area contributed by atoms with Crippen molar-refractivity contribution in [3.8, 4) is 6.07 Å². The number of hydrogen-bond acceptors (Lipinski definition) is 5. The van der Waals surface area contributed by atoms with Crippen LogP contribution in [0.2, 0.25) is 0 Å². The molecule has 1 aromatic heterocycles. The molecule has 6 nitrogen and oxygen atoms in total. The lowest BCUT2D eigenvalue weighted by molar-refractivity contribution is -0.137. The minimum Gasteiger partial charge on any atom is -0.481 e. The number of carboxylic acid groups (broad SMARTS) is 1. The maximum atomic E-state index is 11.9. The van der Waals surface area contributed by atoms with Crippen molar-refractivity contribution in [2.45, 2.75) is 30.0 Å². The molecule has 0 amide bonds. The van der Waals surface area contributed by atoms with E-state index in [1.54, 1.807) is 6.92 Å². The van der Waals surface area contributed by atoms with Crippen molar-refractivity contribution in [1.29, 1.82) is 5.26 Å². The van der Waals surface area contributed by atoms with E-state index in [9.17, 15) is 13.2 Å². The number of rotatable bonds is 6. The van der Waals surface area contributed by atoms with Gasteiger partial charge in [-0.2, -0.15) is 5.26 Å². The van der Waals surface area contributed by atoms with E-state index in [-0.39, 0.29) is 10.6 Å². The molecule has 2 N–H and O–H groups in total. The number of aliphatic carboxylic acids is 1. The highest BCUT2D eigenvalue weighted by Gasteiger charge is 2.22. The van der Waals surface area contributed by atoms with Crippen LogP contribution >= 0.6 is 11.3 Å². The Morgan fingerprint density at radius 1 is 1.61 bits per heavy atom. The Morgan fingerprint density at radius 2 is 2.28 bits per heavy atom. The van der Waals surface area contributed by atoms with Crippen LogP contribution in [0.3, 0.4) is 0 Å². The second-order valence-electron chi connectivity index (χ2n) is 3.55.